The van der Waals surface area contributed by atoms with Crippen LogP contribution in [0.1, 0.15) is 54.9 Å². The van der Waals surface area contributed by atoms with Gasteiger partial charge in [-0.05, 0) is 32.6 Å². The third kappa shape index (κ3) is 3.19. The second kappa shape index (κ2) is 5.88. The molecule has 2 aromatic rings. The molecule has 2 heterocycles. The molecule has 122 valence electrons. The highest BCUT2D eigenvalue weighted by atomic mass is 16.5. The highest BCUT2D eigenvalue weighted by molar-refractivity contribution is 5.34. The lowest BCUT2D eigenvalue weighted by Gasteiger charge is -2.15. The quantitative estimate of drug-likeness (QED) is 0.871. The van der Waals surface area contributed by atoms with Crippen LogP contribution in [0.25, 0.3) is 0 Å². The number of nitrogens with one attached hydrogen (secondary N) is 1. The van der Waals surface area contributed by atoms with Crippen LogP contribution in [0.4, 0.5) is 5.82 Å². The zero-order valence-electron chi connectivity index (χ0n) is 13.1. The van der Waals surface area contributed by atoms with Crippen LogP contribution >= 0.6 is 0 Å². The minimum Gasteiger partial charge on any atom is -0.393 e. The van der Waals surface area contributed by atoms with Crippen molar-refractivity contribution in [2.45, 2.75) is 50.5 Å². The van der Waals surface area contributed by atoms with Crippen molar-refractivity contribution in [3.05, 3.63) is 29.8 Å². The van der Waals surface area contributed by atoms with Gasteiger partial charge in [0, 0.05) is 36.1 Å². The third-order valence-corrected chi connectivity index (χ3v) is 4.76. The molecule has 2 N–H and O–H groups in total. The molecule has 2 saturated carbocycles. The largest absolute Gasteiger partial charge is 0.393 e. The summed E-state index contributed by atoms with van der Waals surface area (Å²) in [7, 11) is 0. The summed E-state index contributed by atoms with van der Waals surface area (Å²) < 4.78 is 5.41. The van der Waals surface area contributed by atoms with Gasteiger partial charge < -0.3 is 14.9 Å². The van der Waals surface area contributed by atoms with Gasteiger partial charge in [0.2, 0.25) is 5.89 Å². The number of rotatable bonds is 5. The molecule has 3 atom stereocenters. The van der Waals surface area contributed by atoms with Crippen LogP contribution in [0.2, 0.25) is 0 Å². The molecule has 23 heavy (non-hydrogen) atoms. The SMILES string of the molecule is Cc1cc(NC[C@H]2C[C@H](c3nc(C4CC4)no3)C[C@H]2O)ncn1. The van der Waals surface area contributed by atoms with E-state index in [4.69, 9.17) is 4.52 Å². The summed E-state index contributed by atoms with van der Waals surface area (Å²) in [5, 5.41) is 17.7. The van der Waals surface area contributed by atoms with Gasteiger partial charge in [0.25, 0.3) is 0 Å². The normalized spacial score (nSPS) is 27.3. The molecular weight excluding hydrogens is 294 g/mol. The zero-order valence-corrected chi connectivity index (χ0v) is 13.1. The van der Waals surface area contributed by atoms with Crippen molar-refractivity contribution >= 4 is 5.82 Å². The number of aryl methyl sites for hydroxylation is 1. The summed E-state index contributed by atoms with van der Waals surface area (Å²) in [5.41, 5.74) is 0.922. The van der Waals surface area contributed by atoms with Crippen LogP contribution in [0.5, 0.6) is 0 Å². The first-order valence-corrected chi connectivity index (χ1v) is 8.23. The molecule has 0 saturated heterocycles. The summed E-state index contributed by atoms with van der Waals surface area (Å²) in [4.78, 5) is 12.8. The van der Waals surface area contributed by atoms with Gasteiger partial charge >= 0.3 is 0 Å². The summed E-state index contributed by atoms with van der Waals surface area (Å²) in [5.74, 6) is 3.13. The highest BCUT2D eigenvalue weighted by Gasteiger charge is 2.38. The Hall–Kier alpha value is -2.02. The highest BCUT2D eigenvalue weighted by Crippen LogP contribution is 2.41. The fourth-order valence-electron chi connectivity index (χ4n) is 3.23. The Kier molecular flexibility index (Phi) is 3.72. The van der Waals surface area contributed by atoms with E-state index in [0.29, 0.717) is 24.8 Å². The molecule has 4 rings (SSSR count). The van der Waals surface area contributed by atoms with Gasteiger partial charge in [0.1, 0.15) is 12.1 Å². The van der Waals surface area contributed by atoms with Gasteiger partial charge in [0.05, 0.1) is 6.10 Å². The molecule has 0 radical (unpaired) electrons. The van der Waals surface area contributed by atoms with E-state index in [1.54, 1.807) is 6.33 Å². The molecule has 2 aliphatic rings. The molecule has 0 aromatic carbocycles. The van der Waals surface area contributed by atoms with E-state index in [2.05, 4.69) is 25.4 Å². The Bertz CT molecular complexity index is 685. The van der Waals surface area contributed by atoms with Crippen LogP contribution in [0.3, 0.4) is 0 Å². The van der Waals surface area contributed by atoms with Crippen LogP contribution in [0, 0.1) is 12.8 Å². The predicted molar refractivity (Wildman–Crippen MR) is 83.0 cm³/mol. The molecule has 7 heteroatoms. The van der Waals surface area contributed by atoms with Gasteiger partial charge in [-0.15, -0.1) is 0 Å². The van der Waals surface area contributed by atoms with E-state index < -0.39 is 0 Å². The number of hydrogen-bond donors (Lipinski definition) is 2. The fraction of sp³-hybridized carbons (Fsp3) is 0.625. The molecule has 7 nitrogen and oxygen atoms in total. The maximum Gasteiger partial charge on any atom is 0.229 e. The minimum atomic E-state index is -0.355. The maximum absolute atomic E-state index is 10.3. The Labute approximate surface area is 134 Å². The van der Waals surface area contributed by atoms with E-state index in [9.17, 15) is 5.11 Å². The van der Waals surface area contributed by atoms with Gasteiger partial charge in [-0.3, -0.25) is 0 Å². The van der Waals surface area contributed by atoms with Crippen LogP contribution in [-0.4, -0.2) is 37.9 Å². The average molecular weight is 315 g/mol. The van der Waals surface area contributed by atoms with Crippen LogP contribution < -0.4 is 5.32 Å². The zero-order chi connectivity index (χ0) is 15.8. The number of aliphatic hydroxyl groups is 1. The Balaban J connectivity index is 1.36. The molecular formula is C16H21N5O2. The number of anilines is 1. The van der Waals surface area contributed by atoms with Gasteiger partial charge in [0.15, 0.2) is 5.82 Å². The Morgan fingerprint density at radius 3 is 2.91 bits per heavy atom. The van der Waals surface area contributed by atoms with Gasteiger partial charge in [-0.2, -0.15) is 4.98 Å². The minimum absolute atomic E-state index is 0.156. The smallest absolute Gasteiger partial charge is 0.229 e. The number of hydrogen-bond acceptors (Lipinski definition) is 7. The second-order valence-corrected chi connectivity index (χ2v) is 6.69. The maximum atomic E-state index is 10.3. The summed E-state index contributed by atoms with van der Waals surface area (Å²) in [6, 6.07) is 1.90. The Morgan fingerprint density at radius 2 is 2.13 bits per heavy atom. The van der Waals surface area contributed by atoms with E-state index in [0.717, 1.165) is 36.6 Å². The average Bonchev–Trinajstić information content (AvgIpc) is 3.15. The topological polar surface area (TPSA) is 97.0 Å². The summed E-state index contributed by atoms with van der Waals surface area (Å²) >= 11 is 0. The van der Waals surface area contributed by atoms with Crippen molar-refractivity contribution in [3.63, 3.8) is 0 Å². The first-order chi connectivity index (χ1) is 11.2. The van der Waals surface area contributed by atoms with E-state index in [1.807, 2.05) is 13.0 Å². The molecule has 2 fully saturated rings. The third-order valence-electron chi connectivity index (χ3n) is 4.76. The molecule has 0 unspecified atom stereocenters. The van der Waals surface area contributed by atoms with E-state index >= 15 is 0 Å². The summed E-state index contributed by atoms with van der Waals surface area (Å²) in [6.07, 6.45) is 5.05. The van der Waals surface area contributed by atoms with Crippen molar-refractivity contribution in [2.75, 3.05) is 11.9 Å². The lowest BCUT2D eigenvalue weighted by molar-refractivity contribution is 0.137. The molecule has 0 amide bonds. The van der Waals surface area contributed by atoms with Gasteiger partial charge in [-0.25, -0.2) is 9.97 Å². The van der Waals surface area contributed by atoms with E-state index in [1.165, 1.54) is 0 Å². The molecule has 0 bridgehead atoms. The lowest BCUT2D eigenvalue weighted by Crippen LogP contribution is -2.22. The number of nitrogens with zero attached hydrogens (tertiary/aromatic N) is 4. The van der Waals surface area contributed by atoms with E-state index in [-0.39, 0.29) is 17.9 Å². The lowest BCUT2D eigenvalue weighted by atomic mass is 10.0. The molecule has 2 aliphatic carbocycles. The number of aromatic nitrogens is 4. The van der Waals surface area contributed by atoms with Crippen LogP contribution in [0.15, 0.2) is 16.9 Å². The molecule has 0 aliphatic heterocycles. The van der Waals surface area contributed by atoms with Gasteiger partial charge in [-0.1, -0.05) is 5.16 Å². The fourth-order valence-corrected chi connectivity index (χ4v) is 3.23. The number of aliphatic hydroxyl groups excluding tert-OH is 1. The Morgan fingerprint density at radius 1 is 1.26 bits per heavy atom. The first kappa shape index (κ1) is 14.6. The predicted octanol–water partition coefficient (Wildman–Crippen LogP) is 2.01. The van der Waals surface area contributed by atoms with Crippen molar-refractivity contribution in [3.8, 4) is 0 Å². The first-order valence-electron chi connectivity index (χ1n) is 8.23. The second-order valence-electron chi connectivity index (χ2n) is 6.69. The van der Waals surface area contributed by atoms with Crippen LogP contribution in [-0.2, 0) is 0 Å². The molecule has 2 aromatic heterocycles. The van der Waals surface area contributed by atoms with Crippen molar-refractivity contribution in [1.29, 1.82) is 0 Å². The monoisotopic (exact) mass is 315 g/mol. The standard InChI is InChI=1S/C16H21N5O2/c1-9-4-14(19-8-18-9)17-7-12-5-11(6-13(12)22)16-20-15(21-23-16)10-2-3-10/h4,8,10-13,22H,2-3,5-7H2,1H3,(H,17,18,19)/t11-,12+,13+/m0/s1. The van der Waals surface area contributed by atoms with Crippen molar-refractivity contribution < 1.29 is 9.63 Å². The van der Waals surface area contributed by atoms with Crippen molar-refractivity contribution in [2.24, 2.45) is 5.92 Å². The molecule has 0 spiro atoms. The summed E-state index contributed by atoms with van der Waals surface area (Å²) in [6.45, 7) is 2.61. The van der Waals surface area contributed by atoms with Crippen molar-refractivity contribution in [1.82, 2.24) is 20.1 Å².